The zero-order valence-corrected chi connectivity index (χ0v) is 13.9. The van der Waals surface area contributed by atoms with E-state index in [1.807, 2.05) is 6.92 Å². The molecule has 6 nitrogen and oxygen atoms in total. The van der Waals surface area contributed by atoms with E-state index in [1.165, 1.54) is 0 Å². The number of carbonyl (C=O) groups excluding carboxylic acids is 1. The van der Waals surface area contributed by atoms with Crippen LogP contribution >= 0.6 is 0 Å². The first-order valence-corrected chi connectivity index (χ1v) is 8.87. The SMILES string of the molecule is COCCNCCNC(=O)CCS(=O)(=O)c1ccc(C)cc1. The van der Waals surface area contributed by atoms with Crippen LogP contribution in [0.15, 0.2) is 29.2 Å². The fraction of sp³-hybridized carbons (Fsp3) is 0.533. The maximum Gasteiger partial charge on any atom is 0.221 e. The van der Waals surface area contributed by atoms with Gasteiger partial charge in [-0.2, -0.15) is 0 Å². The van der Waals surface area contributed by atoms with Gasteiger partial charge in [0.2, 0.25) is 5.91 Å². The number of carbonyl (C=O) groups is 1. The van der Waals surface area contributed by atoms with Gasteiger partial charge in [0.1, 0.15) is 0 Å². The van der Waals surface area contributed by atoms with Crippen LogP contribution in [0, 0.1) is 6.92 Å². The third-order valence-corrected chi connectivity index (χ3v) is 4.82. The van der Waals surface area contributed by atoms with Crippen LogP contribution in [0.2, 0.25) is 0 Å². The lowest BCUT2D eigenvalue weighted by atomic mass is 10.2. The normalized spacial score (nSPS) is 11.4. The summed E-state index contributed by atoms with van der Waals surface area (Å²) in [7, 11) is -1.78. The predicted octanol–water partition coefficient (Wildman–Crippen LogP) is 0.511. The van der Waals surface area contributed by atoms with Crippen molar-refractivity contribution in [3.05, 3.63) is 29.8 Å². The number of ether oxygens (including phenoxy) is 1. The Labute approximate surface area is 132 Å². The Morgan fingerprint density at radius 1 is 1.14 bits per heavy atom. The molecule has 7 heteroatoms. The number of benzene rings is 1. The molecule has 0 aliphatic heterocycles. The van der Waals surface area contributed by atoms with Crippen LogP contribution in [-0.2, 0) is 19.4 Å². The summed E-state index contributed by atoms with van der Waals surface area (Å²) in [6.07, 6.45) is -0.0335. The molecule has 0 radical (unpaired) electrons. The minimum absolute atomic E-state index is 0.0335. The molecule has 0 heterocycles. The Balaban J connectivity index is 2.29. The molecule has 22 heavy (non-hydrogen) atoms. The van der Waals surface area contributed by atoms with Gasteiger partial charge in [-0.3, -0.25) is 4.79 Å². The summed E-state index contributed by atoms with van der Waals surface area (Å²) in [6.45, 7) is 4.31. The summed E-state index contributed by atoms with van der Waals surface area (Å²) in [5.41, 5.74) is 0.998. The summed E-state index contributed by atoms with van der Waals surface area (Å²) < 4.78 is 29.1. The Kier molecular flexibility index (Phi) is 8.08. The molecule has 0 unspecified atom stereocenters. The first-order valence-electron chi connectivity index (χ1n) is 7.21. The van der Waals surface area contributed by atoms with E-state index in [2.05, 4.69) is 10.6 Å². The third kappa shape index (κ3) is 7.02. The number of hydrogen-bond donors (Lipinski definition) is 2. The monoisotopic (exact) mass is 328 g/mol. The van der Waals surface area contributed by atoms with Crippen molar-refractivity contribution >= 4 is 15.7 Å². The largest absolute Gasteiger partial charge is 0.383 e. The molecule has 2 N–H and O–H groups in total. The highest BCUT2D eigenvalue weighted by molar-refractivity contribution is 7.91. The first kappa shape index (κ1) is 18.6. The van der Waals surface area contributed by atoms with Crippen molar-refractivity contribution in [2.24, 2.45) is 0 Å². The van der Waals surface area contributed by atoms with Gasteiger partial charge in [-0.1, -0.05) is 17.7 Å². The quantitative estimate of drug-likeness (QED) is 0.612. The predicted molar refractivity (Wildman–Crippen MR) is 85.6 cm³/mol. The van der Waals surface area contributed by atoms with Gasteiger partial charge in [-0.15, -0.1) is 0 Å². The fourth-order valence-electron chi connectivity index (χ4n) is 1.77. The zero-order chi connectivity index (χ0) is 16.4. The molecule has 0 bridgehead atoms. The molecular formula is C15H24N2O4S. The van der Waals surface area contributed by atoms with Crippen molar-refractivity contribution in [1.82, 2.24) is 10.6 Å². The van der Waals surface area contributed by atoms with E-state index < -0.39 is 9.84 Å². The summed E-state index contributed by atoms with van der Waals surface area (Å²) in [6, 6.07) is 6.64. The van der Waals surface area contributed by atoms with Crippen LogP contribution in [0.1, 0.15) is 12.0 Å². The molecule has 124 valence electrons. The van der Waals surface area contributed by atoms with E-state index in [-0.39, 0.29) is 23.0 Å². The van der Waals surface area contributed by atoms with Crippen LogP contribution in [0.25, 0.3) is 0 Å². The molecule has 0 fully saturated rings. The Morgan fingerprint density at radius 3 is 2.45 bits per heavy atom. The number of aryl methyl sites for hydroxylation is 1. The molecule has 1 rings (SSSR count). The molecule has 0 saturated heterocycles. The second kappa shape index (κ2) is 9.55. The van der Waals surface area contributed by atoms with Gasteiger partial charge in [0.25, 0.3) is 0 Å². The van der Waals surface area contributed by atoms with Gasteiger partial charge in [0, 0.05) is 33.2 Å². The summed E-state index contributed by atoms with van der Waals surface area (Å²) >= 11 is 0. The van der Waals surface area contributed by atoms with Crippen LogP contribution < -0.4 is 10.6 Å². The average Bonchev–Trinajstić information content (AvgIpc) is 2.49. The molecule has 0 aliphatic rings. The van der Waals surface area contributed by atoms with Gasteiger partial charge in [0.15, 0.2) is 9.84 Å². The van der Waals surface area contributed by atoms with Crippen molar-refractivity contribution in [3.8, 4) is 0 Å². The molecule has 1 amide bonds. The Bertz CT molecular complexity index is 555. The molecule has 0 atom stereocenters. The summed E-state index contributed by atoms with van der Waals surface area (Å²) in [5, 5.41) is 5.77. The van der Waals surface area contributed by atoms with Gasteiger partial charge in [-0.05, 0) is 19.1 Å². The third-order valence-electron chi connectivity index (χ3n) is 3.08. The van der Waals surface area contributed by atoms with Crippen LogP contribution in [-0.4, -0.2) is 53.4 Å². The van der Waals surface area contributed by atoms with E-state index in [1.54, 1.807) is 31.4 Å². The Morgan fingerprint density at radius 2 is 1.82 bits per heavy atom. The van der Waals surface area contributed by atoms with E-state index in [4.69, 9.17) is 4.74 Å². The van der Waals surface area contributed by atoms with Crippen molar-refractivity contribution in [2.75, 3.05) is 39.1 Å². The molecule has 0 aliphatic carbocycles. The van der Waals surface area contributed by atoms with Crippen molar-refractivity contribution in [1.29, 1.82) is 0 Å². The van der Waals surface area contributed by atoms with Crippen LogP contribution in [0.4, 0.5) is 0 Å². The number of amides is 1. The highest BCUT2D eigenvalue weighted by atomic mass is 32.2. The van der Waals surface area contributed by atoms with Gasteiger partial charge in [-0.25, -0.2) is 8.42 Å². The number of methoxy groups -OCH3 is 1. The lowest BCUT2D eigenvalue weighted by Gasteiger charge is -2.07. The number of hydrogen-bond acceptors (Lipinski definition) is 5. The van der Waals surface area contributed by atoms with E-state index in [9.17, 15) is 13.2 Å². The van der Waals surface area contributed by atoms with Gasteiger partial charge >= 0.3 is 0 Å². The first-order chi connectivity index (χ1) is 10.5. The molecule has 1 aromatic rings. The summed E-state index contributed by atoms with van der Waals surface area (Å²) in [4.78, 5) is 11.9. The lowest BCUT2D eigenvalue weighted by molar-refractivity contribution is -0.120. The highest BCUT2D eigenvalue weighted by Crippen LogP contribution is 2.12. The molecule has 0 aromatic heterocycles. The number of rotatable bonds is 10. The second-order valence-electron chi connectivity index (χ2n) is 4.97. The maximum atomic E-state index is 12.1. The standard InChI is InChI=1S/C15H24N2O4S/c1-13-3-5-14(6-4-13)22(19,20)12-7-15(18)17-9-8-16-10-11-21-2/h3-6,16H,7-12H2,1-2H3,(H,17,18). The maximum absolute atomic E-state index is 12.1. The average molecular weight is 328 g/mol. The minimum Gasteiger partial charge on any atom is -0.383 e. The molecule has 0 spiro atoms. The van der Waals surface area contributed by atoms with Crippen molar-refractivity contribution in [2.45, 2.75) is 18.2 Å². The molecule has 0 saturated carbocycles. The highest BCUT2D eigenvalue weighted by Gasteiger charge is 2.15. The molecule has 1 aromatic carbocycles. The summed E-state index contributed by atoms with van der Waals surface area (Å²) in [5.74, 6) is -0.442. The topological polar surface area (TPSA) is 84.5 Å². The fourth-order valence-corrected chi connectivity index (χ4v) is 3.01. The smallest absolute Gasteiger partial charge is 0.221 e. The van der Waals surface area contributed by atoms with E-state index >= 15 is 0 Å². The number of nitrogens with one attached hydrogen (secondary N) is 2. The van der Waals surface area contributed by atoms with Crippen molar-refractivity contribution < 1.29 is 17.9 Å². The van der Waals surface area contributed by atoms with Gasteiger partial charge in [0.05, 0.1) is 17.3 Å². The zero-order valence-electron chi connectivity index (χ0n) is 13.1. The van der Waals surface area contributed by atoms with Crippen LogP contribution in [0.3, 0.4) is 0 Å². The lowest BCUT2D eigenvalue weighted by Crippen LogP contribution is -2.33. The van der Waals surface area contributed by atoms with E-state index in [0.717, 1.165) is 5.56 Å². The number of sulfone groups is 1. The van der Waals surface area contributed by atoms with Gasteiger partial charge < -0.3 is 15.4 Å². The van der Waals surface area contributed by atoms with E-state index in [0.29, 0.717) is 26.2 Å². The van der Waals surface area contributed by atoms with Crippen LogP contribution in [0.5, 0.6) is 0 Å². The van der Waals surface area contributed by atoms with Crippen molar-refractivity contribution in [3.63, 3.8) is 0 Å². The molecular weight excluding hydrogens is 304 g/mol. The minimum atomic E-state index is -3.41. The second-order valence-corrected chi connectivity index (χ2v) is 7.08. The Hall–Kier alpha value is -1.44.